The van der Waals surface area contributed by atoms with Crippen molar-refractivity contribution in [2.45, 2.75) is 63.8 Å². The Morgan fingerprint density at radius 2 is 2.14 bits per heavy atom. The highest BCUT2D eigenvalue weighted by Gasteiger charge is 2.29. The second-order valence-corrected chi connectivity index (χ2v) is 9.63. The monoisotopic (exact) mass is 521 g/mol. The number of likely N-dealkylation sites (N-methyl/N-ethyl adjacent to an activating group) is 1. The van der Waals surface area contributed by atoms with E-state index in [0.717, 1.165) is 37.2 Å². The Morgan fingerprint density at radius 1 is 1.32 bits per heavy atom. The number of guanidine groups is 1. The van der Waals surface area contributed by atoms with Gasteiger partial charge < -0.3 is 15.2 Å². The van der Waals surface area contributed by atoms with Gasteiger partial charge in [0.05, 0.1) is 0 Å². The zero-order chi connectivity index (χ0) is 19.3. The van der Waals surface area contributed by atoms with Gasteiger partial charge in [-0.25, -0.2) is 4.99 Å². The zero-order valence-corrected chi connectivity index (χ0v) is 20.8. The zero-order valence-electron chi connectivity index (χ0n) is 17.7. The lowest BCUT2D eigenvalue weighted by Gasteiger charge is -2.27. The Balaban J connectivity index is 0.00000280. The van der Waals surface area contributed by atoms with Gasteiger partial charge in [0.15, 0.2) is 11.8 Å². The van der Waals surface area contributed by atoms with Crippen molar-refractivity contribution in [2.24, 2.45) is 12.0 Å². The molecule has 0 bridgehead atoms. The number of likely N-dealkylation sites (tertiary alicyclic amines) is 1. The summed E-state index contributed by atoms with van der Waals surface area (Å²) in [7, 11) is 1.99. The van der Waals surface area contributed by atoms with Crippen molar-refractivity contribution in [2.75, 3.05) is 31.9 Å². The molecule has 2 atom stereocenters. The number of halogens is 1. The van der Waals surface area contributed by atoms with Crippen LogP contribution in [0.15, 0.2) is 4.99 Å². The Morgan fingerprint density at radius 3 is 2.79 bits per heavy atom. The number of thioether (sulfide) groups is 1. The molecule has 2 unspecified atom stereocenters. The van der Waals surface area contributed by atoms with Gasteiger partial charge in [-0.1, -0.05) is 6.92 Å². The van der Waals surface area contributed by atoms with Crippen molar-refractivity contribution < 1.29 is 0 Å². The molecule has 0 radical (unpaired) electrons. The number of aliphatic imine (C=N–C) groups is 1. The lowest BCUT2D eigenvalue weighted by atomic mass is 10.1. The first-order chi connectivity index (χ1) is 13.0. The van der Waals surface area contributed by atoms with Crippen molar-refractivity contribution in [3.63, 3.8) is 0 Å². The topological polar surface area (TPSA) is 70.4 Å². The van der Waals surface area contributed by atoms with E-state index in [1.807, 2.05) is 18.5 Å². The van der Waals surface area contributed by atoms with E-state index in [4.69, 9.17) is 4.99 Å². The van der Waals surface area contributed by atoms with Crippen LogP contribution < -0.4 is 10.6 Å². The molecule has 9 heteroatoms. The molecule has 0 aromatic carbocycles. The van der Waals surface area contributed by atoms with E-state index < -0.39 is 0 Å². The average Bonchev–Trinajstić information content (AvgIpc) is 3.37. The molecule has 160 valence electrons. The number of aromatic nitrogens is 3. The van der Waals surface area contributed by atoms with Crippen molar-refractivity contribution in [3.05, 3.63) is 11.6 Å². The third-order valence-electron chi connectivity index (χ3n) is 5.90. The van der Waals surface area contributed by atoms with Crippen molar-refractivity contribution in [3.8, 4) is 0 Å². The van der Waals surface area contributed by atoms with E-state index in [1.54, 1.807) is 0 Å². The van der Waals surface area contributed by atoms with Gasteiger partial charge in [-0.3, -0.25) is 4.90 Å². The minimum Gasteiger partial charge on any atom is -0.355 e. The molecular weight excluding hydrogens is 485 g/mol. The molecule has 1 aromatic heterocycles. The van der Waals surface area contributed by atoms with Gasteiger partial charge in [0, 0.05) is 30.9 Å². The first-order valence-corrected chi connectivity index (χ1v) is 11.2. The van der Waals surface area contributed by atoms with Crippen molar-refractivity contribution in [1.82, 2.24) is 30.3 Å². The predicted octanol–water partition coefficient (Wildman–Crippen LogP) is 2.55. The fraction of sp³-hybridized carbons (Fsp3) is 0.842. The van der Waals surface area contributed by atoms with Crippen LogP contribution >= 0.6 is 35.7 Å². The standard InChI is InChI=1S/C19H35N7S.HI/c1-5-26-10-6-8-16(26)12-20-18(22-14-19(3)9-7-11-27-19)21-13-17-24-23-15(2)25(17)4;/h16H,5-14H2,1-4H3,(H2,20,21,22);1H. The molecule has 1 aromatic rings. The summed E-state index contributed by atoms with van der Waals surface area (Å²) >= 11 is 2.07. The summed E-state index contributed by atoms with van der Waals surface area (Å²) in [5, 5.41) is 15.6. The SMILES string of the molecule is CCN1CCCC1CNC(=NCc1nnc(C)n1C)NCC1(C)CCCS1.I. The minimum absolute atomic E-state index is 0. The quantitative estimate of drug-likeness (QED) is 0.327. The van der Waals surface area contributed by atoms with E-state index in [2.05, 4.69) is 51.3 Å². The third-order valence-corrected chi connectivity index (χ3v) is 7.44. The molecule has 2 aliphatic rings. The highest BCUT2D eigenvalue weighted by Crippen LogP contribution is 2.36. The lowest BCUT2D eigenvalue weighted by Crippen LogP contribution is -2.47. The molecule has 2 aliphatic heterocycles. The maximum atomic E-state index is 4.82. The minimum atomic E-state index is 0. The van der Waals surface area contributed by atoms with E-state index >= 15 is 0 Å². The summed E-state index contributed by atoms with van der Waals surface area (Å²) in [4.78, 5) is 7.38. The number of nitrogens with one attached hydrogen (secondary N) is 2. The summed E-state index contributed by atoms with van der Waals surface area (Å²) in [6, 6.07) is 0.607. The number of nitrogens with zero attached hydrogens (tertiary/aromatic N) is 5. The number of aryl methyl sites for hydroxylation is 1. The molecule has 2 saturated heterocycles. The van der Waals surface area contributed by atoms with E-state index in [1.165, 1.54) is 38.0 Å². The number of hydrogen-bond acceptors (Lipinski definition) is 5. The number of hydrogen-bond donors (Lipinski definition) is 2. The molecule has 0 aliphatic carbocycles. The average molecular weight is 522 g/mol. The van der Waals surface area contributed by atoms with Crippen LogP contribution in [-0.2, 0) is 13.6 Å². The van der Waals surface area contributed by atoms with Crippen LogP contribution in [0.5, 0.6) is 0 Å². The molecule has 28 heavy (non-hydrogen) atoms. The molecular formula is C19H36IN7S. The molecule has 3 rings (SSSR count). The van der Waals surface area contributed by atoms with Gasteiger partial charge in [0.2, 0.25) is 0 Å². The molecule has 2 fully saturated rings. The van der Waals surface area contributed by atoms with Crippen LogP contribution in [-0.4, -0.2) is 68.3 Å². The van der Waals surface area contributed by atoms with Gasteiger partial charge in [-0.05, 0) is 58.4 Å². The first kappa shape index (κ1) is 23.7. The van der Waals surface area contributed by atoms with Gasteiger partial charge in [-0.2, -0.15) is 11.8 Å². The summed E-state index contributed by atoms with van der Waals surface area (Å²) < 4.78 is 2.32. The van der Waals surface area contributed by atoms with E-state index in [0.29, 0.717) is 17.3 Å². The number of rotatable bonds is 7. The molecule has 7 nitrogen and oxygen atoms in total. The van der Waals surface area contributed by atoms with Crippen LogP contribution in [0, 0.1) is 6.92 Å². The van der Waals surface area contributed by atoms with Crippen molar-refractivity contribution >= 4 is 41.7 Å². The van der Waals surface area contributed by atoms with E-state index in [-0.39, 0.29) is 24.0 Å². The molecule has 2 N–H and O–H groups in total. The van der Waals surface area contributed by atoms with Crippen LogP contribution in [0.25, 0.3) is 0 Å². The van der Waals surface area contributed by atoms with Crippen molar-refractivity contribution in [1.29, 1.82) is 0 Å². The molecule has 3 heterocycles. The van der Waals surface area contributed by atoms with Gasteiger partial charge >= 0.3 is 0 Å². The largest absolute Gasteiger partial charge is 0.355 e. The lowest BCUT2D eigenvalue weighted by molar-refractivity contribution is 0.267. The summed E-state index contributed by atoms with van der Waals surface area (Å²) in [6.07, 6.45) is 5.15. The Bertz CT molecular complexity index is 642. The Kier molecular flexibility index (Phi) is 9.33. The summed E-state index contributed by atoms with van der Waals surface area (Å²) in [5.74, 6) is 3.98. The van der Waals surface area contributed by atoms with E-state index in [9.17, 15) is 0 Å². The van der Waals surface area contributed by atoms with Crippen LogP contribution in [0.4, 0.5) is 0 Å². The van der Waals surface area contributed by atoms with Crippen LogP contribution in [0.2, 0.25) is 0 Å². The Labute approximate surface area is 190 Å². The fourth-order valence-electron chi connectivity index (χ4n) is 3.92. The maximum Gasteiger partial charge on any atom is 0.191 e. The second-order valence-electron chi connectivity index (χ2n) is 7.95. The highest BCUT2D eigenvalue weighted by molar-refractivity contribution is 14.0. The van der Waals surface area contributed by atoms with Crippen LogP contribution in [0.3, 0.4) is 0 Å². The fourth-order valence-corrected chi connectivity index (χ4v) is 5.16. The van der Waals surface area contributed by atoms with Gasteiger partial charge in [0.1, 0.15) is 12.4 Å². The van der Waals surface area contributed by atoms with Crippen LogP contribution in [0.1, 0.15) is 51.2 Å². The van der Waals surface area contributed by atoms with Gasteiger partial charge in [-0.15, -0.1) is 34.2 Å². The molecule has 0 spiro atoms. The molecule has 0 amide bonds. The Hall–Kier alpha value is -0.550. The normalized spacial score (nSPS) is 25.7. The second kappa shape index (κ2) is 11.0. The summed E-state index contributed by atoms with van der Waals surface area (Å²) in [5.41, 5.74) is 0. The first-order valence-electron chi connectivity index (χ1n) is 10.3. The maximum absolute atomic E-state index is 4.82. The summed E-state index contributed by atoms with van der Waals surface area (Å²) in [6.45, 7) is 11.4. The third kappa shape index (κ3) is 6.22. The smallest absolute Gasteiger partial charge is 0.191 e. The molecule has 0 saturated carbocycles. The van der Waals surface area contributed by atoms with Gasteiger partial charge in [0.25, 0.3) is 0 Å². The predicted molar refractivity (Wildman–Crippen MR) is 129 cm³/mol. The highest BCUT2D eigenvalue weighted by atomic mass is 127.